The van der Waals surface area contributed by atoms with Crippen molar-refractivity contribution in [1.29, 1.82) is 0 Å². The number of benzene rings is 8. The largest absolute Gasteiger partial charge is 1.00 e. The zero-order valence-electron chi connectivity index (χ0n) is 45.9. The van der Waals surface area contributed by atoms with Crippen LogP contribution in [0.3, 0.4) is 0 Å². The standard InChI is InChI=1S/C45H32N10O21S6.6Na/c56-43-33-13-5-27(17-23(33)19-39(81(71,72)73)41(43)54-52-35-15-7-29(21-37(35)79(65,66)67)50-48-25-1-9-31(10-2-25)77(59,60)61)46-45(58)47-28-6-14-34-24(18-28)20-40(82(74,75)76)42(44(34)57)55-53-36-16-8-30(22-38(36)80(68,69)70)51-49-26-3-11-32(12-4-26)78(62,63)64;;;;;;/h1-22,56-57H,(H2,46,47,58)(H,59,60,61)(H,62,63,64)(H,65,66,67)(H,68,69,70)(H,71,72,73)(H,74,75,76);;;;;;/q;6*+1/p-6. The zero-order valence-corrected chi connectivity index (χ0v) is 62.8. The van der Waals surface area contributed by atoms with E-state index in [-0.39, 0.29) is 233 Å². The topological polar surface area (TPSA) is 524 Å². The molecule has 8 aromatic rings. The average Bonchev–Trinajstić information content (AvgIpc) is 3.49. The molecule has 0 heterocycles. The molecule has 0 unspecified atom stereocenters. The van der Waals surface area contributed by atoms with Crippen molar-refractivity contribution < 1.29 is 270 Å². The van der Waals surface area contributed by atoms with Crippen molar-refractivity contribution in [3.63, 3.8) is 0 Å². The molecule has 88 heavy (non-hydrogen) atoms. The van der Waals surface area contributed by atoms with Crippen LogP contribution in [0.5, 0.6) is 11.5 Å². The molecular formula is C45H26N10Na6O21S6. The number of phenolic OH excluding ortho intramolecular Hbond substituents is 2. The van der Waals surface area contributed by atoms with Gasteiger partial charge in [0.1, 0.15) is 83.5 Å². The second-order valence-electron chi connectivity index (χ2n) is 16.4. The van der Waals surface area contributed by atoms with Gasteiger partial charge >= 0.3 is 183 Å². The van der Waals surface area contributed by atoms with Gasteiger partial charge in [0.2, 0.25) is 0 Å². The summed E-state index contributed by atoms with van der Waals surface area (Å²) < 4.78 is 216. The van der Waals surface area contributed by atoms with Crippen LogP contribution >= 0.6 is 0 Å². The molecule has 0 saturated carbocycles. The summed E-state index contributed by atoms with van der Waals surface area (Å²) in [5.41, 5.74) is -4.23. The molecule has 2 amide bonds. The molecule has 8 aromatic carbocycles. The Bertz CT molecular complexity index is 4560. The van der Waals surface area contributed by atoms with Gasteiger partial charge in [-0.15, -0.1) is 20.5 Å². The number of phenols is 2. The first-order valence-electron chi connectivity index (χ1n) is 21.7. The van der Waals surface area contributed by atoms with Gasteiger partial charge in [-0.05, 0) is 144 Å². The maximum Gasteiger partial charge on any atom is 1.00 e. The molecule has 0 atom stereocenters. The summed E-state index contributed by atoms with van der Waals surface area (Å²) >= 11 is 0. The molecular weight excluding hydrogens is 1350 g/mol. The summed E-state index contributed by atoms with van der Waals surface area (Å²) in [7, 11) is -31.5. The van der Waals surface area contributed by atoms with Gasteiger partial charge in [-0.2, -0.15) is 20.5 Å². The Balaban J connectivity index is 0.00000440. The minimum absolute atomic E-state index is 0. The molecule has 0 aliphatic carbocycles. The van der Waals surface area contributed by atoms with E-state index in [1.807, 2.05) is 0 Å². The number of amides is 2. The molecule has 31 nitrogen and oxygen atoms in total. The van der Waals surface area contributed by atoms with Crippen molar-refractivity contribution in [1.82, 2.24) is 0 Å². The van der Waals surface area contributed by atoms with Crippen LogP contribution in [-0.2, 0) is 60.7 Å². The van der Waals surface area contributed by atoms with Crippen LogP contribution in [0, 0.1) is 0 Å². The number of azo groups is 4. The Kier molecular flexibility index (Phi) is 29.7. The van der Waals surface area contributed by atoms with Crippen molar-refractivity contribution in [3.8, 4) is 11.5 Å². The average molecular weight is 1370 g/mol. The Morgan fingerprint density at radius 2 is 0.625 bits per heavy atom. The fourth-order valence-corrected chi connectivity index (χ4v) is 10.7. The summed E-state index contributed by atoms with van der Waals surface area (Å²) in [5.74, 6) is -1.99. The van der Waals surface area contributed by atoms with Gasteiger partial charge in [-0.25, -0.2) is 55.3 Å². The number of hydrogen-bond acceptors (Lipinski definition) is 29. The van der Waals surface area contributed by atoms with Crippen molar-refractivity contribution in [2.45, 2.75) is 29.4 Å². The fraction of sp³-hybridized carbons (Fsp3) is 0. The minimum atomic E-state index is -5.56. The molecule has 0 aliphatic heterocycles. The molecule has 0 radical (unpaired) electrons. The van der Waals surface area contributed by atoms with Crippen molar-refractivity contribution >= 4 is 145 Å². The van der Waals surface area contributed by atoms with Gasteiger partial charge in [0.25, 0.3) is 0 Å². The third kappa shape index (κ3) is 20.5. The minimum Gasteiger partial charge on any atom is -0.744 e. The van der Waals surface area contributed by atoms with Crippen LogP contribution in [0.4, 0.5) is 61.7 Å². The number of carbonyl (C=O) groups is 1. The maximum atomic E-state index is 13.2. The number of hydrogen-bond donors (Lipinski definition) is 4. The molecule has 8 rings (SSSR count). The predicted octanol–water partition coefficient (Wildman–Crippen LogP) is -9.84. The van der Waals surface area contributed by atoms with E-state index in [1.165, 1.54) is 12.1 Å². The zero-order chi connectivity index (χ0) is 59.9. The molecule has 4 N–H and O–H groups in total. The quantitative estimate of drug-likeness (QED) is 0.0396. The van der Waals surface area contributed by atoms with Gasteiger partial charge < -0.3 is 48.2 Å². The van der Waals surface area contributed by atoms with Crippen LogP contribution < -0.4 is 188 Å². The molecule has 0 aliphatic rings. The number of nitrogens with one attached hydrogen (secondary N) is 2. The third-order valence-corrected chi connectivity index (χ3v) is 16.0. The molecule has 424 valence electrons. The van der Waals surface area contributed by atoms with Gasteiger partial charge in [0.15, 0.2) is 11.5 Å². The van der Waals surface area contributed by atoms with Crippen LogP contribution in [-0.4, -0.2) is 94.1 Å². The second-order valence-corrected chi connectivity index (χ2v) is 24.6. The van der Waals surface area contributed by atoms with E-state index in [1.54, 1.807) is 0 Å². The van der Waals surface area contributed by atoms with Crippen molar-refractivity contribution in [2.75, 3.05) is 10.6 Å². The number of urea groups is 1. The summed E-state index contributed by atoms with van der Waals surface area (Å²) in [6, 6.07) is 20.7. The first-order valence-corrected chi connectivity index (χ1v) is 30.2. The number of aromatic hydroxyl groups is 2. The van der Waals surface area contributed by atoms with Crippen LogP contribution in [0.25, 0.3) is 21.5 Å². The Morgan fingerprint density at radius 1 is 0.330 bits per heavy atom. The maximum absolute atomic E-state index is 13.2. The molecule has 0 fully saturated rings. The van der Waals surface area contributed by atoms with Crippen molar-refractivity contribution in [3.05, 3.63) is 133 Å². The van der Waals surface area contributed by atoms with E-state index in [2.05, 4.69) is 51.5 Å². The molecule has 0 aromatic heterocycles. The monoisotopic (exact) mass is 1370 g/mol. The third-order valence-electron chi connectivity index (χ3n) is 10.9. The summed E-state index contributed by atoms with van der Waals surface area (Å²) in [5, 5.41) is 55.8. The molecule has 43 heteroatoms. The number of rotatable bonds is 16. The van der Waals surface area contributed by atoms with Crippen molar-refractivity contribution in [2.24, 2.45) is 40.9 Å². The fourth-order valence-electron chi connectivity index (χ4n) is 7.22. The van der Waals surface area contributed by atoms with Crippen LogP contribution in [0.1, 0.15) is 0 Å². The summed E-state index contributed by atoms with van der Waals surface area (Å²) in [4.78, 5) is 7.53. The first kappa shape index (κ1) is 81.1. The number of fused-ring (bicyclic) bond motifs is 2. The Hall–Kier alpha value is -2.99. The molecule has 0 saturated heterocycles. The molecule has 0 bridgehead atoms. The number of carbonyl (C=O) groups excluding carboxylic acids is 1. The number of anilines is 2. The van der Waals surface area contributed by atoms with E-state index in [9.17, 15) is 92.8 Å². The van der Waals surface area contributed by atoms with E-state index >= 15 is 0 Å². The van der Waals surface area contributed by atoms with Gasteiger partial charge in [-0.3, -0.25) is 0 Å². The molecule has 0 spiro atoms. The van der Waals surface area contributed by atoms with Crippen LogP contribution in [0.2, 0.25) is 0 Å². The normalized spacial score (nSPS) is 12.2. The Labute approximate surface area is 631 Å². The first-order chi connectivity index (χ1) is 38.1. The smallest absolute Gasteiger partial charge is 0.744 e. The van der Waals surface area contributed by atoms with E-state index in [0.717, 1.165) is 109 Å². The summed E-state index contributed by atoms with van der Waals surface area (Å²) in [6.45, 7) is 0. The Morgan fingerprint density at radius 3 is 0.920 bits per heavy atom. The van der Waals surface area contributed by atoms with E-state index in [4.69, 9.17) is 0 Å². The van der Waals surface area contributed by atoms with E-state index in [0.29, 0.717) is 12.1 Å². The van der Waals surface area contributed by atoms with Gasteiger partial charge in [0.05, 0.1) is 52.1 Å². The van der Waals surface area contributed by atoms with Gasteiger partial charge in [0, 0.05) is 22.1 Å². The number of nitrogens with zero attached hydrogens (tertiary/aromatic N) is 8. The van der Waals surface area contributed by atoms with E-state index < -0.39 is 130 Å². The van der Waals surface area contributed by atoms with Gasteiger partial charge in [-0.1, -0.05) is 0 Å². The predicted molar refractivity (Wildman–Crippen MR) is 274 cm³/mol. The SMILES string of the molecule is O=C(Nc1ccc2c(O)c(N=Nc3ccc(N=Nc4ccc(S(=O)(=O)[O-])cc4)cc3S(=O)(=O)[O-])c(S(=O)(=O)[O-])cc2c1)Nc1ccc2c(O)c(N=Nc3ccc(N=Nc4ccc(S(=O)(=O)[O-])cc4)cc3S(=O)(=O)[O-])c(S(=O)(=O)[O-])cc2c1.[Na+].[Na+].[Na+].[Na+].[Na+].[Na+]. The summed E-state index contributed by atoms with van der Waals surface area (Å²) in [6.07, 6.45) is 0. The second kappa shape index (κ2) is 32.2. The van der Waals surface area contributed by atoms with Crippen LogP contribution in [0.15, 0.2) is 204 Å².